The van der Waals surface area contributed by atoms with Crippen LogP contribution < -0.4 is 11.1 Å². The number of carbonyl (C=O) groups is 1. The Morgan fingerprint density at radius 2 is 1.68 bits per heavy atom. The molecular formula is C23H22N4O3S. The van der Waals surface area contributed by atoms with E-state index in [2.05, 4.69) is 4.98 Å². The van der Waals surface area contributed by atoms with Crippen molar-refractivity contribution in [1.82, 2.24) is 18.9 Å². The second-order valence-corrected chi connectivity index (χ2v) is 8.05. The number of ketones is 1. The van der Waals surface area contributed by atoms with E-state index < -0.39 is 0 Å². The van der Waals surface area contributed by atoms with Crippen LogP contribution in [0.2, 0.25) is 0 Å². The number of nitrogens with zero attached hydrogens (tertiary/aromatic N) is 4. The summed E-state index contributed by atoms with van der Waals surface area (Å²) in [6, 6.07) is 16.4. The van der Waals surface area contributed by atoms with E-state index in [1.54, 1.807) is 41.4 Å². The third-order valence-corrected chi connectivity index (χ3v) is 6.28. The minimum atomic E-state index is -0.351. The van der Waals surface area contributed by atoms with Crippen LogP contribution in [0.1, 0.15) is 23.0 Å². The molecule has 2 aromatic heterocycles. The average molecular weight is 435 g/mol. The van der Waals surface area contributed by atoms with Crippen molar-refractivity contribution in [3.8, 4) is 5.69 Å². The highest BCUT2D eigenvalue weighted by atomic mass is 32.2. The van der Waals surface area contributed by atoms with Crippen molar-refractivity contribution in [2.24, 2.45) is 7.05 Å². The molecule has 0 aliphatic rings. The molecule has 0 saturated carbocycles. The highest BCUT2D eigenvalue weighted by molar-refractivity contribution is 7.99. The molecule has 7 nitrogen and oxygen atoms in total. The number of carbonyl (C=O) groups excluding carboxylic acids is 1. The van der Waals surface area contributed by atoms with Crippen LogP contribution in [0.3, 0.4) is 0 Å². The zero-order valence-corrected chi connectivity index (χ0v) is 18.3. The molecule has 0 fully saturated rings. The fourth-order valence-electron chi connectivity index (χ4n) is 3.63. The number of Topliss-reactive ketones (excluding diaryl/α,β-unsaturated/α-hetero) is 1. The lowest BCUT2D eigenvalue weighted by Crippen LogP contribution is -2.24. The molecule has 0 amide bonds. The van der Waals surface area contributed by atoms with Crippen molar-refractivity contribution in [1.29, 1.82) is 0 Å². The van der Waals surface area contributed by atoms with Crippen LogP contribution in [-0.2, 0) is 13.6 Å². The molecule has 0 spiro atoms. The van der Waals surface area contributed by atoms with E-state index in [-0.39, 0.29) is 28.2 Å². The fourth-order valence-corrected chi connectivity index (χ4v) is 4.56. The van der Waals surface area contributed by atoms with Crippen molar-refractivity contribution >= 4 is 28.4 Å². The smallest absolute Gasteiger partial charge is 0.282 e. The SMILES string of the molecule is CCn1c(SCC(=O)c2c(C)n(C)n(-c3ccccc3)c2=O)nc2ccccc2c1=O. The molecule has 0 bridgehead atoms. The Morgan fingerprint density at radius 1 is 1.00 bits per heavy atom. The number of hydrogen-bond donors (Lipinski definition) is 0. The Hall–Kier alpha value is -3.39. The van der Waals surface area contributed by atoms with E-state index in [9.17, 15) is 14.4 Å². The molecule has 0 unspecified atom stereocenters. The highest BCUT2D eigenvalue weighted by Crippen LogP contribution is 2.20. The second kappa shape index (κ2) is 8.39. The summed E-state index contributed by atoms with van der Waals surface area (Å²) in [5.41, 5.74) is 1.56. The van der Waals surface area contributed by atoms with E-state index in [1.807, 2.05) is 43.3 Å². The molecule has 0 aliphatic heterocycles. The number of para-hydroxylation sites is 2. The minimum absolute atomic E-state index is 0.0136. The van der Waals surface area contributed by atoms with Gasteiger partial charge in [0.15, 0.2) is 10.9 Å². The van der Waals surface area contributed by atoms with Crippen LogP contribution in [0, 0.1) is 6.92 Å². The van der Waals surface area contributed by atoms with Gasteiger partial charge in [0.1, 0.15) is 5.56 Å². The van der Waals surface area contributed by atoms with Gasteiger partial charge in [0.05, 0.1) is 22.3 Å². The van der Waals surface area contributed by atoms with Gasteiger partial charge in [-0.25, -0.2) is 9.67 Å². The zero-order chi connectivity index (χ0) is 22.1. The van der Waals surface area contributed by atoms with Crippen LogP contribution in [-0.4, -0.2) is 30.5 Å². The maximum absolute atomic E-state index is 13.1. The minimum Gasteiger partial charge on any atom is -0.293 e. The van der Waals surface area contributed by atoms with E-state index in [0.717, 1.165) is 0 Å². The first-order valence-corrected chi connectivity index (χ1v) is 10.9. The highest BCUT2D eigenvalue weighted by Gasteiger charge is 2.23. The number of aromatic nitrogens is 4. The first-order valence-electron chi connectivity index (χ1n) is 9.93. The van der Waals surface area contributed by atoms with Crippen molar-refractivity contribution in [2.75, 3.05) is 5.75 Å². The summed E-state index contributed by atoms with van der Waals surface area (Å²) in [6.07, 6.45) is 0. The first-order chi connectivity index (χ1) is 14.9. The Kier molecular flexibility index (Phi) is 5.65. The molecule has 4 rings (SSSR count). The molecule has 0 atom stereocenters. The number of benzene rings is 2. The van der Waals surface area contributed by atoms with Gasteiger partial charge >= 0.3 is 0 Å². The number of thioether (sulfide) groups is 1. The second-order valence-electron chi connectivity index (χ2n) is 7.11. The van der Waals surface area contributed by atoms with Gasteiger partial charge in [0.2, 0.25) is 0 Å². The standard InChI is InChI=1S/C23H22N4O3S/c1-4-26-21(29)17-12-8-9-13-18(17)24-23(26)31-14-19(28)20-15(2)25(3)27(22(20)30)16-10-6-5-7-11-16/h5-13H,4,14H2,1-3H3. The van der Waals surface area contributed by atoms with Crippen LogP contribution >= 0.6 is 11.8 Å². The summed E-state index contributed by atoms with van der Waals surface area (Å²) >= 11 is 1.18. The van der Waals surface area contributed by atoms with E-state index in [4.69, 9.17) is 0 Å². The summed E-state index contributed by atoms with van der Waals surface area (Å²) < 4.78 is 4.73. The van der Waals surface area contributed by atoms with Crippen molar-refractivity contribution in [3.05, 3.63) is 86.6 Å². The molecule has 2 heterocycles. The summed E-state index contributed by atoms with van der Waals surface area (Å²) in [6.45, 7) is 4.07. The molecule has 8 heteroatoms. The van der Waals surface area contributed by atoms with Gasteiger partial charge in [-0.1, -0.05) is 42.1 Å². The van der Waals surface area contributed by atoms with Gasteiger partial charge in [-0.05, 0) is 38.1 Å². The lowest BCUT2D eigenvalue weighted by Gasteiger charge is -2.10. The number of rotatable bonds is 6. The normalized spacial score (nSPS) is 11.2. The maximum atomic E-state index is 13.1. The third-order valence-electron chi connectivity index (χ3n) is 5.31. The lowest BCUT2D eigenvalue weighted by atomic mass is 10.2. The molecule has 0 radical (unpaired) electrons. The Labute approximate surface area is 182 Å². The van der Waals surface area contributed by atoms with Crippen LogP contribution in [0.4, 0.5) is 0 Å². The van der Waals surface area contributed by atoms with Gasteiger partial charge in [0.25, 0.3) is 11.1 Å². The summed E-state index contributed by atoms with van der Waals surface area (Å²) in [5.74, 6) is -0.275. The molecule has 0 N–H and O–H groups in total. The first kappa shape index (κ1) is 20.9. The van der Waals surface area contributed by atoms with E-state index in [1.165, 1.54) is 16.4 Å². The monoisotopic (exact) mass is 434 g/mol. The lowest BCUT2D eigenvalue weighted by molar-refractivity contribution is 0.102. The summed E-state index contributed by atoms with van der Waals surface area (Å²) in [5, 5.41) is 1.01. The Balaban J connectivity index is 1.68. The van der Waals surface area contributed by atoms with Gasteiger partial charge in [0, 0.05) is 19.3 Å². The largest absolute Gasteiger partial charge is 0.293 e. The predicted octanol–water partition coefficient (Wildman–Crippen LogP) is 3.19. The van der Waals surface area contributed by atoms with E-state index in [0.29, 0.717) is 34.0 Å². The van der Waals surface area contributed by atoms with Crippen LogP contribution in [0.5, 0.6) is 0 Å². The number of fused-ring (bicyclic) bond motifs is 1. The topological polar surface area (TPSA) is 78.9 Å². The van der Waals surface area contributed by atoms with Gasteiger partial charge in [-0.2, -0.15) is 0 Å². The molecule has 31 heavy (non-hydrogen) atoms. The zero-order valence-electron chi connectivity index (χ0n) is 17.5. The van der Waals surface area contributed by atoms with Crippen LogP contribution in [0.25, 0.3) is 16.6 Å². The predicted molar refractivity (Wildman–Crippen MR) is 122 cm³/mol. The fraction of sp³-hybridized carbons (Fsp3) is 0.217. The van der Waals surface area contributed by atoms with Gasteiger partial charge < -0.3 is 0 Å². The molecular weight excluding hydrogens is 412 g/mol. The molecule has 0 saturated heterocycles. The molecule has 2 aromatic carbocycles. The summed E-state index contributed by atoms with van der Waals surface area (Å²) in [4.78, 5) is 43.4. The van der Waals surface area contributed by atoms with Gasteiger partial charge in [-0.3, -0.25) is 23.6 Å². The van der Waals surface area contributed by atoms with Gasteiger partial charge in [-0.15, -0.1) is 0 Å². The summed E-state index contributed by atoms with van der Waals surface area (Å²) in [7, 11) is 1.76. The van der Waals surface area contributed by atoms with Crippen LogP contribution in [0.15, 0.2) is 69.3 Å². The quantitative estimate of drug-likeness (QED) is 0.265. The van der Waals surface area contributed by atoms with Crippen molar-refractivity contribution < 1.29 is 4.79 Å². The van der Waals surface area contributed by atoms with E-state index >= 15 is 0 Å². The van der Waals surface area contributed by atoms with Crippen molar-refractivity contribution in [3.63, 3.8) is 0 Å². The average Bonchev–Trinajstić information content (AvgIpc) is 3.01. The van der Waals surface area contributed by atoms with Crippen molar-refractivity contribution in [2.45, 2.75) is 25.5 Å². The number of hydrogen-bond acceptors (Lipinski definition) is 5. The molecule has 158 valence electrons. The Bertz CT molecular complexity index is 1400. The maximum Gasteiger partial charge on any atom is 0.282 e. The third kappa shape index (κ3) is 3.63. The molecule has 4 aromatic rings. The molecule has 0 aliphatic carbocycles. The Morgan fingerprint density at radius 3 is 2.39 bits per heavy atom.